The summed E-state index contributed by atoms with van der Waals surface area (Å²) >= 11 is 0. The molecular formula is C12H16N2O6S. The molecule has 1 aliphatic rings. The molecule has 1 aliphatic carbocycles. The van der Waals surface area contributed by atoms with E-state index in [4.69, 9.17) is 14.6 Å². The highest BCUT2D eigenvalue weighted by Gasteiger charge is 2.26. The van der Waals surface area contributed by atoms with Crippen molar-refractivity contribution >= 4 is 15.7 Å². The van der Waals surface area contributed by atoms with Gasteiger partial charge in [0, 0.05) is 6.07 Å². The molecule has 2 N–H and O–H groups in total. The molecule has 8 nitrogen and oxygen atoms in total. The lowest BCUT2D eigenvalue weighted by Crippen LogP contribution is -2.20. The molecule has 0 aromatic heterocycles. The molecule has 116 valence electrons. The smallest absolute Gasteiger partial charge is 0.274 e. The van der Waals surface area contributed by atoms with E-state index in [0.29, 0.717) is 12.5 Å². The van der Waals surface area contributed by atoms with Crippen LogP contribution in [0.4, 0.5) is 5.69 Å². The van der Waals surface area contributed by atoms with Crippen molar-refractivity contribution in [3.63, 3.8) is 0 Å². The van der Waals surface area contributed by atoms with Crippen LogP contribution in [0.25, 0.3) is 0 Å². The highest BCUT2D eigenvalue weighted by molar-refractivity contribution is 7.89. The first-order valence-electron chi connectivity index (χ1n) is 6.35. The van der Waals surface area contributed by atoms with Crippen molar-refractivity contribution in [2.75, 3.05) is 13.7 Å². The van der Waals surface area contributed by atoms with Crippen molar-refractivity contribution in [1.29, 1.82) is 0 Å². The Morgan fingerprint density at radius 1 is 1.43 bits per heavy atom. The average Bonchev–Trinajstić information content (AvgIpc) is 2.34. The van der Waals surface area contributed by atoms with Crippen molar-refractivity contribution < 1.29 is 22.8 Å². The third-order valence-corrected chi connectivity index (χ3v) is 4.34. The van der Waals surface area contributed by atoms with Gasteiger partial charge in [0.05, 0.1) is 24.7 Å². The Hall–Kier alpha value is -1.87. The van der Waals surface area contributed by atoms with Gasteiger partial charge in [-0.15, -0.1) is 0 Å². The van der Waals surface area contributed by atoms with E-state index in [2.05, 4.69) is 0 Å². The normalized spacial score (nSPS) is 15.3. The van der Waals surface area contributed by atoms with Crippen molar-refractivity contribution in [3.05, 3.63) is 22.2 Å². The number of nitro benzene ring substituents is 1. The lowest BCUT2D eigenvalue weighted by atomic mass is 9.86. The molecule has 1 aromatic rings. The summed E-state index contributed by atoms with van der Waals surface area (Å²) < 4.78 is 33.7. The van der Waals surface area contributed by atoms with Gasteiger partial charge in [0.25, 0.3) is 5.69 Å². The number of benzene rings is 1. The zero-order chi connectivity index (χ0) is 15.6. The Kier molecular flexibility index (Phi) is 4.33. The van der Waals surface area contributed by atoms with Crippen LogP contribution in [0.15, 0.2) is 17.0 Å². The summed E-state index contributed by atoms with van der Waals surface area (Å²) in [5.41, 5.74) is -0.413. The van der Waals surface area contributed by atoms with Crippen LogP contribution in [0.3, 0.4) is 0 Å². The van der Waals surface area contributed by atoms with Crippen molar-refractivity contribution in [2.45, 2.75) is 24.2 Å². The fourth-order valence-corrected chi connectivity index (χ4v) is 2.78. The summed E-state index contributed by atoms with van der Waals surface area (Å²) in [6.45, 7) is 0.363. The molecule has 0 atom stereocenters. The van der Waals surface area contributed by atoms with E-state index in [0.717, 1.165) is 31.4 Å². The number of ether oxygens (including phenoxy) is 2. The molecule has 0 heterocycles. The lowest BCUT2D eigenvalue weighted by molar-refractivity contribution is -0.385. The number of sulfonamides is 1. The molecule has 1 saturated carbocycles. The third kappa shape index (κ3) is 3.42. The fraction of sp³-hybridized carbons (Fsp3) is 0.500. The van der Waals surface area contributed by atoms with Gasteiger partial charge in [0.2, 0.25) is 10.0 Å². The van der Waals surface area contributed by atoms with Crippen LogP contribution in [0.2, 0.25) is 0 Å². The minimum Gasteiger partial charge on any atom is -0.492 e. The predicted octanol–water partition coefficient (Wildman–Crippen LogP) is 1.43. The van der Waals surface area contributed by atoms with E-state index in [1.165, 1.54) is 7.11 Å². The van der Waals surface area contributed by atoms with E-state index in [9.17, 15) is 18.5 Å². The number of rotatable bonds is 6. The largest absolute Gasteiger partial charge is 0.492 e. The van der Waals surface area contributed by atoms with Crippen LogP contribution in [0, 0.1) is 16.0 Å². The van der Waals surface area contributed by atoms with Crippen LogP contribution >= 0.6 is 0 Å². The van der Waals surface area contributed by atoms with Crippen LogP contribution in [-0.2, 0) is 10.0 Å². The molecule has 21 heavy (non-hydrogen) atoms. The SMILES string of the molecule is COc1c(OCC2CCC2)cc([N+](=O)[O-])cc1S(N)(=O)=O. The molecule has 0 saturated heterocycles. The number of hydrogen-bond acceptors (Lipinski definition) is 6. The molecule has 9 heteroatoms. The van der Waals surface area contributed by atoms with Crippen LogP contribution < -0.4 is 14.6 Å². The standard InChI is InChI=1S/C12H16N2O6S/c1-19-12-10(20-7-8-3-2-4-8)5-9(14(15)16)6-11(12)21(13,17)18/h5-6,8H,2-4,7H2,1H3,(H2,13,17,18). The molecule has 1 aromatic carbocycles. The lowest BCUT2D eigenvalue weighted by Gasteiger charge is -2.25. The number of nitrogens with two attached hydrogens (primary N) is 1. The molecule has 0 radical (unpaired) electrons. The van der Waals surface area contributed by atoms with E-state index < -0.39 is 25.5 Å². The second-order valence-electron chi connectivity index (χ2n) is 4.89. The summed E-state index contributed by atoms with van der Waals surface area (Å²) in [6, 6.07) is 2.01. The Morgan fingerprint density at radius 2 is 2.10 bits per heavy atom. The van der Waals surface area contributed by atoms with Crippen LogP contribution in [-0.4, -0.2) is 27.1 Å². The molecule has 0 unspecified atom stereocenters. The van der Waals surface area contributed by atoms with Gasteiger partial charge in [-0.2, -0.15) is 0 Å². The maximum absolute atomic E-state index is 11.6. The van der Waals surface area contributed by atoms with E-state index >= 15 is 0 Å². The first-order valence-corrected chi connectivity index (χ1v) is 7.89. The highest BCUT2D eigenvalue weighted by Crippen LogP contribution is 2.38. The summed E-state index contributed by atoms with van der Waals surface area (Å²) in [5, 5.41) is 16.0. The van der Waals surface area contributed by atoms with Crippen LogP contribution in [0.5, 0.6) is 11.5 Å². The van der Waals surface area contributed by atoms with Gasteiger partial charge >= 0.3 is 0 Å². The molecule has 2 rings (SSSR count). The number of nitro groups is 1. The van der Waals surface area contributed by atoms with Gasteiger partial charge in [-0.05, 0) is 18.8 Å². The molecular weight excluding hydrogens is 300 g/mol. The minimum atomic E-state index is -4.16. The monoisotopic (exact) mass is 316 g/mol. The zero-order valence-corrected chi connectivity index (χ0v) is 12.3. The quantitative estimate of drug-likeness (QED) is 0.625. The Morgan fingerprint density at radius 3 is 2.52 bits per heavy atom. The maximum atomic E-state index is 11.6. The second kappa shape index (κ2) is 5.86. The Bertz CT molecular complexity index is 654. The zero-order valence-electron chi connectivity index (χ0n) is 11.4. The van der Waals surface area contributed by atoms with E-state index in [-0.39, 0.29) is 11.5 Å². The number of methoxy groups -OCH3 is 1. The fourth-order valence-electron chi connectivity index (χ4n) is 2.06. The van der Waals surface area contributed by atoms with Gasteiger partial charge in [0.1, 0.15) is 4.90 Å². The van der Waals surface area contributed by atoms with Gasteiger partial charge < -0.3 is 9.47 Å². The molecule has 0 bridgehead atoms. The van der Waals surface area contributed by atoms with E-state index in [1.54, 1.807) is 0 Å². The second-order valence-corrected chi connectivity index (χ2v) is 6.42. The van der Waals surface area contributed by atoms with E-state index in [1.807, 2.05) is 0 Å². The summed E-state index contributed by atoms with van der Waals surface area (Å²) in [4.78, 5) is 9.75. The van der Waals surface area contributed by atoms with Gasteiger partial charge in [-0.3, -0.25) is 10.1 Å². The van der Waals surface area contributed by atoms with Crippen molar-refractivity contribution in [3.8, 4) is 11.5 Å². The third-order valence-electron chi connectivity index (χ3n) is 3.43. The minimum absolute atomic E-state index is 0.0163. The van der Waals surface area contributed by atoms with Gasteiger partial charge in [-0.1, -0.05) is 6.42 Å². The molecule has 0 aliphatic heterocycles. The summed E-state index contributed by atoms with van der Waals surface area (Å²) in [5.74, 6) is 0.289. The summed E-state index contributed by atoms with van der Waals surface area (Å²) in [7, 11) is -2.91. The Labute approximate surface area is 122 Å². The van der Waals surface area contributed by atoms with Crippen molar-refractivity contribution in [1.82, 2.24) is 0 Å². The number of primary sulfonamides is 1. The van der Waals surface area contributed by atoms with Crippen LogP contribution in [0.1, 0.15) is 19.3 Å². The molecule has 0 spiro atoms. The average molecular weight is 316 g/mol. The van der Waals surface area contributed by atoms with Gasteiger partial charge in [-0.25, -0.2) is 13.6 Å². The van der Waals surface area contributed by atoms with Crippen molar-refractivity contribution in [2.24, 2.45) is 11.1 Å². The first kappa shape index (κ1) is 15.5. The number of non-ortho nitro benzene ring substituents is 1. The molecule has 0 amide bonds. The predicted molar refractivity (Wildman–Crippen MR) is 73.9 cm³/mol. The summed E-state index contributed by atoms with van der Waals surface area (Å²) in [6.07, 6.45) is 3.18. The number of hydrogen-bond donors (Lipinski definition) is 1. The highest BCUT2D eigenvalue weighted by atomic mass is 32.2. The molecule has 1 fully saturated rings. The number of nitrogens with zero attached hydrogens (tertiary/aromatic N) is 1. The first-order chi connectivity index (χ1) is 9.82. The maximum Gasteiger partial charge on any atom is 0.274 e. The topological polar surface area (TPSA) is 122 Å². The Balaban J connectivity index is 2.44. The van der Waals surface area contributed by atoms with Gasteiger partial charge in [0.15, 0.2) is 11.5 Å².